The topological polar surface area (TPSA) is 44.8 Å². The molecule has 4 heteroatoms. The molecule has 1 aliphatic heterocycles. The number of aryl methyl sites for hydroxylation is 1. The summed E-state index contributed by atoms with van der Waals surface area (Å²) in [6.07, 6.45) is 2.02. The first-order valence-corrected chi connectivity index (χ1v) is 6.68. The van der Waals surface area contributed by atoms with Gasteiger partial charge in [0.25, 0.3) is 0 Å². The quantitative estimate of drug-likeness (QED) is 0.765. The Labute approximate surface area is 112 Å². The number of carbonyl (C=O) groups is 1. The molecule has 2 aliphatic rings. The van der Waals surface area contributed by atoms with Gasteiger partial charge in [-0.3, -0.25) is 4.79 Å². The zero-order valence-electron chi connectivity index (χ0n) is 11.1. The van der Waals surface area contributed by atoms with Crippen LogP contribution in [0, 0.1) is 0 Å². The summed E-state index contributed by atoms with van der Waals surface area (Å²) in [5, 5.41) is 0. The van der Waals surface area contributed by atoms with Crippen molar-refractivity contribution < 1.29 is 19.0 Å². The summed E-state index contributed by atoms with van der Waals surface area (Å²) in [6.45, 7) is 1.19. The lowest BCUT2D eigenvalue weighted by Gasteiger charge is -2.40. The highest BCUT2D eigenvalue weighted by molar-refractivity contribution is 5.71. The first-order chi connectivity index (χ1) is 9.25. The molecule has 1 unspecified atom stereocenters. The molecule has 1 saturated heterocycles. The van der Waals surface area contributed by atoms with Crippen LogP contribution in [0.2, 0.25) is 0 Å². The van der Waals surface area contributed by atoms with E-state index in [1.165, 1.54) is 12.7 Å². The number of benzene rings is 1. The molecule has 1 aromatic rings. The van der Waals surface area contributed by atoms with Gasteiger partial charge in [0, 0.05) is 12.3 Å². The van der Waals surface area contributed by atoms with Gasteiger partial charge in [-0.25, -0.2) is 0 Å². The Morgan fingerprint density at radius 1 is 1.37 bits per heavy atom. The summed E-state index contributed by atoms with van der Waals surface area (Å²) in [4.78, 5) is 11.7. The lowest BCUT2D eigenvalue weighted by atomic mass is 9.76. The van der Waals surface area contributed by atoms with Crippen LogP contribution in [0.1, 0.15) is 29.9 Å². The van der Waals surface area contributed by atoms with E-state index in [9.17, 15) is 4.79 Å². The largest absolute Gasteiger partial charge is 0.469 e. The summed E-state index contributed by atoms with van der Waals surface area (Å²) in [6, 6.07) is 8.20. The van der Waals surface area contributed by atoms with Crippen molar-refractivity contribution in [2.45, 2.75) is 31.0 Å². The van der Waals surface area contributed by atoms with Crippen molar-refractivity contribution in [2.75, 3.05) is 20.3 Å². The van der Waals surface area contributed by atoms with E-state index in [1.807, 2.05) is 12.1 Å². The molecule has 0 bridgehead atoms. The van der Waals surface area contributed by atoms with Crippen LogP contribution in [-0.4, -0.2) is 32.1 Å². The summed E-state index contributed by atoms with van der Waals surface area (Å²) in [7, 11) is 1.42. The molecule has 1 heterocycles. The monoisotopic (exact) mass is 262 g/mol. The second-order valence-corrected chi connectivity index (χ2v) is 5.04. The standard InChI is InChI=1S/C15H18O4/c1-17-14(16)10-13-12-5-3-2-4-11(12)6-7-15(13)18-8-9-19-15/h2-5,13H,6-10H2,1H3. The molecule has 102 valence electrons. The maximum absolute atomic E-state index is 11.7. The molecular formula is C15H18O4. The van der Waals surface area contributed by atoms with Gasteiger partial charge in [-0.2, -0.15) is 0 Å². The second kappa shape index (κ2) is 4.94. The number of ether oxygens (including phenoxy) is 3. The van der Waals surface area contributed by atoms with Crippen LogP contribution in [0.25, 0.3) is 0 Å². The summed E-state index contributed by atoms with van der Waals surface area (Å²) in [5.74, 6) is -0.935. The third-order valence-electron chi connectivity index (χ3n) is 4.08. The highest BCUT2D eigenvalue weighted by atomic mass is 16.7. The molecule has 3 rings (SSSR count). The van der Waals surface area contributed by atoms with E-state index in [4.69, 9.17) is 14.2 Å². The molecule has 1 atom stereocenters. The first kappa shape index (κ1) is 12.6. The van der Waals surface area contributed by atoms with Crippen molar-refractivity contribution in [3.8, 4) is 0 Å². The van der Waals surface area contributed by atoms with Gasteiger partial charge in [0.05, 0.1) is 26.7 Å². The van der Waals surface area contributed by atoms with E-state index < -0.39 is 5.79 Å². The van der Waals surface area contributed by atoms with Gasteiger partial charge < -0.3 is 14.2 Å². The predicted octanol–water partition coefficient (Wildman–Crippen LogP) is 2.02. The molecule has 19 heavy (non-hydrogen) atoms. The third kappa shape index (κ3) is 2.15. The summed E-state index contributed by atoms with van der Waals surface area (Å²) >= 11 is 0. The molecule has 0 radical (unpaired) electrons. The fraction of sp³-hybridized carbons (Fsp3) is 0.533. The number of carbonyl (C=O) groups excluding carboxylic acids is 1. The summed E-state index contributed by atoms with van der Waals surface area (Å²) in [5.41, 5.74) is 2.43. The maximum Gasteiger partial charge on any atom is 0.306 e. The van der Waals surface area contributed by atoms with Crippen molar-refractivity contribution in [1.82, 2.24) is 0 Å². The van der Waals surface area contributed by atoms with Crippen molar-refractivity contribution in [3.63, 3.8) is 0 Å². The number of methoxy groups -OCH3 is 1. The lowest BCUT2D eigenvalue weighted by Crippen LogP contribution is -2.42. The Morgan fingerprint density at radius 2 is 2.11 bits per heavy atom. The Balaban J connectivity index is 1.98. The van der Waals surface area contributed by atoms with E-state index in [1.54, 1.807) is 0 Å². The third-order valence-corrected chi connectivity index (χ3v) is 4.08. The smallest absolute Gasteiger partial charge is 0.306 e. The lowest BCUT2D eigenvalue weighted by molar-refractivity contribution is -0.188. The SMILES string of the molecule is COC(=O)CC1c2ccccc2CCC12OCCO2. The fourth-order valence-corrected chi connectivity index (χ4v) is 3.15. The molecule has 1 spiro atoms. The molecule has 0 N–H and O–H groups in total. The average Bonchev–Trinajstić information content (AvgIpc) is 2.91. The van der Waals surface area contributed by atoms with Crippen LogP contribution in [0.3, 0.4) is 0 Å². The van der Waals surface area contributed by atoms with Crippen molar-refractivity contribution >= 4 is 5.97 Å². The molecule has 0 aromatic heterocycles. The minimum absolute atomic E-state index is 0.0765. The molecule has 0 saturated carbocycles. The van der Waals surface area contributed by atoms with Crippen LogP contribution < -0.4 is 0 Å². The van der Waals surface area contributed by atoms with Crippen molar-refractivity contribution in [2.24, 2.45) is 0 Å². The van der Waals surface area contributed by atoms with Gasteiger partial charge in [0.1, 0.15) is 0 Å². The van der Waals surface area contributed by atoms with Gasteiger partial charge in [0.2, 0.25) is 0 Å². The minimum atomic E-state index is -0.636. The predicted molar refractivity (Wildman–Crippen MR) is 68.8 cm³/mol. The van der Waals surface area contributed by atoms with Crippen molar-refractivity contribution in [3.05, 3.63) is 35.4 Å². The van der Waals surface area contributed by atoms with Crippen LogP contribution in [0.4, 0.5) is 0 Å². The Hall–Kier alpha value is -1.39. The average molecular weight is 262 g/mol. The van der Waals surface area contributed by atoms with E-state index in [2.05, 4.69) is 12.1 Å². The van der Waals surface area contributed by atoms with E-state index in [-0.39, 0.29) is 11.9 Å². The van der Waals surface area contributed by atoms with Crippen LogP contribution in [0.15, 0.2) is 24.3 Å². The van der Waals surface area contributed by atoms with Crippen LogP contribution >= 0.6 is 0 Å². The van der Waals surface area contributed by atoms with Crippen LogP contribution in [-0.2, 0) is 25.4 Å². The van der Waals surface area contributed by atoms with Gasteiger partial charge in [0.15, 0.2) is 5.79 Å². The number of fused-ring (bicyclic) bond motifs is 1. The summed E-state index contributed by atoms with van der Waals surface area (Å²) < 4.78 is 16.6. The molecule has 4 nitrogen and oxygen atoms in total. The molecule has 0 amide bonds. The normalized spacial score (nSPS) is 24.2. The van der Waals surface area contributed by atoms with Gasteiger partial charge in [-0.05, 0) is 17.5 Å². The maximum atomic E-state index is 11.7. The van der Waals surface area contributed by atoms with Gasteiger partial charge in [-0.1, -0.05) is 24.3 Å². The van der Waals surface area contributed by atoms with E-state index >= 15 is 0 Å². The Bertz CT molecular complexity index is 477. The Morgan fingerprint density at radius 3 is 2.84 bits per heavy atom. The van der Waals surface area contributed by atoms with Gasteiger partial charge >= 0.3 is 5.97 Å². The van der Waals surface area contributed by atoms with Crippen LogP contribution in [0.5, 0.6) is 0 Å². The highest BCUT2D eigenvalue weighted by Gasteiger charge is 2.48. The number of esters is 1. The second-order valence-electron chi connectivity index (χ2n) is 5.04. The number of hydrogen-bond acceptors (Lipinski definition) is 4. The first-order valence-electron chi connectivity index (χ1n) is 6.68. The highest BCUT2D eigenvalue weighted by Crippen LogP contribution is 2.46. The van der Waals surface area contributed by atoms with E-state index in [0.717, 1.165) is 18.4 Å². The number of rotatable bonds is 2. The molecule has 1 aromatic carbocycles. The zero-order chi connectivity index (χ0) is 13.3. The molecule has 1 aliphatic carbocycles. The minimum Gasteiger partial charge on any atom is -0.469 e. The van der Waals surface area contributed by atoms with Crippen molar-refractivity contribution in [1.29, 1.82) is 0 Å². The fourth-order valence-electron chi connectivity index (χ4n) is 3.15. The Kier molecular flexibility index (Phi) is 3.29. The number of hydrogen-bond donors (Lipinski definition) is 0. The zero-order valence-corrected chi connectivity index (χ0v) is 11.1. The van der Waals surface area contributed by atoms with Gasteiger partial charge in [-0.15, -0.1) is 0 Å². The molecular weight excluding hydrogens is 244 g/mol. The van der Waals surface area contributed by atoms with E-state index in [0.29, 0.717) is 19.6 Å². The molecule has 1 fully saturated rings.